The number of nitrogens with zero attached hydrogens (tertiary/aromatic N) is 2. The number of anilines is 1. The number of fused-ring (bicyclic) bond motifs is 1. The third-order valence-electron chi connectivity index (χ3n) is 4.83. The fourth-order valence-corrected chi connectivity index (χ4v) is 3.52. The Hall–Kier alpha value is -2.40. The topological polar surface area (TPSA) is 52.5 Å². The first-order valence-electron chi connectivity index (χ1n) is 8.24. The van der Waals surface area contributed by atoms with Gasteiger partial charge in [-0.3, -0.25) is 0 Å². The van der Waals surface area contributed by atoms with Crippen LogP contribution < -0.4 is 5.73 Å². The predicted octanol–water partition coefficient (Wildman–Crippen LogP) is 3.93. The van der Waals surface area contributed by atoms with Crippen molar-refractivity contribution in [3.8, 4) is 11.1 Å². The summed E-state index contributed by atoms with van der Waals surface area (Å²) >= 11 is 0. The Morgan fingerprint density at radius 1 is 1.25 bits per heavy atom. The Balaban J connectivity index is 1.89. The lowest BCUT2D eigenvalue weighted by Gasteiger charge is -2.23. The number of pyridine rings is 1. The Kier molecular flexibility index (Phi) is 3.73. The number of aromatic nitrogens is 2. The Morgan fingerprint density at radius 3 is 2.83 bits per heavy atom. The van der Waals surface area contributed by atoms with Gasteiger partial charge < -0.3 is 14.9 Å². The van der Waals surface area contributed by atoms with Crippen molar-refractivity contribution in [1.82, 2.24) is 9.38 Å². The van der Waals surface area contributed by atoms with E-state index in [4.69, 9.17) is 10.5 Å². The molecule has 4 rings (SSSR count). The van der Waals surface area contributed by atoms with Gasteiger partial charge in [0.1, 0.15) is 11.5 Å². The average Bonchev–Trinajstić information content (AvgIpc) is 3.06. The van der Waals surface area contributed by atoms with Gasteiger partial charge >= 0.3 is 0 Å². The molecule has 1 fully saturated rings. The predicted molar refractivity (Wildman–Crippen MR) is 92.5 cm³/mol. The highest BCUT2D eigenvalue weighted by molar-refractivity contribution is 5.73. The summed E-state index contributed by atoms with van der Waals surface area (Å²) in [6, 6.07) is 5.39. The summed E-state index contributed by atoms with van der Waals surface area (Å²) in [5.74, 6) is 0.0614. The molecule has 3 heterocycles. The van der Waals surface area contributed by atoms with Crippen LogP contribution in [-0.2, 0) is 4.74 Å². The minimum Gasteiger partial charge on any atom is -0.396 e. The number of hydrogen-bond donors (Lipinski definition) is 1. The van der Waals surface area contributed by atoms with Crippen LogP contribution in [0.1, 0.15) is 29.9 Å². The lowest BCUT2D eigenvalue weighted by Crippen LogP contribution is -2.15. The van der Waals surface area contributed by atoms with E-state index in [0.29, 0.717) is 5.92 Å². The number of hydrogen-bond acceptors (Lipinski definition) is 3. The fraction of sp³-hybridized carbons (Fsp3) is 0.316. The molecule has 124 valence electrons. The zero-order valence-corrected chi connectivity index (χ0v) is 13.6. The van der Waals surface area contributed by atoms with Gasteiger partial charge in [0.2, 0.25) is 0 Å². The summed E-state index contributed by atoms with van der Waals surface area (Å²) in [4.78, 5) is 4.52. The van der Waals surface area contributed by atoms with E-state index in [1.54, 1.807) is 6.07 Å². The van der Waals surface area contributed by atoms with Crippen molar-refractivity contribution < 1.29 is 9.13 Å². The second kappa shape index (κ2) is 5.91. The smallest absolute Gasteiger partial charge is 0.146 e. The van der Waals surface area contributed by atoms with Crippen LogP contribution in [0.15, 0.2) is 36.8 Å². The normalized spacial score (nSPS) is 15.9. The Labute approximate surface area is 140 Å². The van der Waals surface area contributed by atoms with Crippen LogP contribution in [0.3, 0.4) is 0 Å². The molecule has 24 heavy (non-hydrogen) atoms. The first kappa shape index (κ1) is 15.1. The summed E-state index contributed by atoms with van der Waals surface area (Å²) in [6.45, 7) is 3.47. The van der Waals surface area contributed by atoms with Gasteiger partial charge in [0, 0.05) is 31.8 Å². The highest BCUT2D eigenvalue weighted by Crippen LogP contribution is 2.34. The van der Waals surface area contributed by atoms with Crippen molar-refractivity contribution >= 4 is 11.3 Å². The number of halogens is 1. The highest BCUT2D eigenvalue weighted by Gasteiger charge is 2.21. The van der Waals surface area contributed by atoms with Gasteiger partial charge in [-0.05, 0) is 66.1 Å². The van der Waals surface area contributed by atoms with Crippen molar-refractivity contribution in [3.63, 3.8) is 0 Å². The van der Waals surface area contributed by atoms with E-state index in [-0.39, 0.29) is 11.5 Å². The van der Waals surface area contributed by atoms with Crippen molar-refractivity contribution in [3.05, 3.63) is 53.7 Å². The zero-order valence-electron chi connectivity index (χ0n) is 13.6. The summed E-state index contributed by atoms with van der Waals surface area (Å²) in [5, 5.41) is 0. The van der Waals surface area contributed by atoms with Crippen LogP contribution in [0.4, 0.5) is 10.1 Å². The zero-order chi connectivity index (χ0) is 16.7. The maximum absolute atomic E-state index is 13.7. The van der Waals surface area contributed by atoms with Crippen LogP contribution in [0.25, 0.3) is 16.8 Å². The van der Waals surface area contributed by atoms with Crippen molar-refractivity contribution in [2.24, 2.45) is 0 Å². The summed E-state index contributed by atoms with van der Waals surface area (Å²) in [5.41, 5.74) is 11.0. The molecule has 0 spiro atoms. The number of aryl methyl sites for hydroxylation is 1. The summed E-state index contributed by atoms with van der Waals surface area (Å²) in [7, 11) is 0. The number of nitrogens with two attached hydrogens (primary N) is 1. The number of rotatable bonds is 2. The summed E-state index contributed by atoms with van der Waals surface area (Å²) in [6.07, 6.45) is 7.79. The average molecular weight is 325 g/mol. The molecule has 0 aliphatic carbocycles. The SMILES string of the molecule is Cc1cc(F)c(N)cc1-c1cc(C2CCOCC2)c2nccn2c1. The highest BCUT2D eigenvalue weighted by atomic mass is 19.1. The maximum Gasteiger partial charge on any atom is 0.146 e. The first-order chi connectivity index (χ1) is 11.6. The Morgan fingerprint density at radius 2 is 2.04 bits per heavy atom. The van der Waals surface area contributed by atoms with Gasteiger partial charge in [-0.25, -0.2) is 9.37 Å². The van der Waals surface area contributed by atoms with E-state index >= 15 is 0 Å². The lowest BCUT2D eigenvalue weighted by atomic mass is 9.90. The van der Waals surface area contributed by atoms with E-state index in [9.17, 15) is 4.39 Å². The van der Waals surface area contributed by atoms with Crippen LogP contribution in [0.5, 0.6) is 0 Å². The quantitative estimate of drug-likeness (QED) is 0.727. The molecule has 1 aliphatic heterocycles. The number of imidazole rings is 1. The largest absolute Gasteiger partial charge is 0.396 e. The van der Waals surface area contributed by atoms with Gasteiger partial charge in [0.25, 0.3) is 0 Å². The first-order valence-corrected chi connectivity index (χ1v) is 8.24. The van der Waals surface area contributed by atoms with Crippen molar-refractivity contribution in [1.29, 1.82) is 0 Å². The van der Waals surface area contributed by atoms with Gasteiger partial charge in [0.05, 0.1) is 5.69 Å². The third kappa shape index (κ3) is 2.55. The van der Waals surface area contributed by atoms with Gasteiger partial charge in [-0.2, -0.15) is 0 Å². The molecule has 0 bridgehead atoms. The number of nitrogen functional groups attached to an aromatic ring is 1. The second-order valence-electron chi connectivity index (χ2n) is 6.42. The van der Waals surface area contributed by atoms with Gasteiger partial charge in [-0.1, -0.05) is 0 Å². The monoisotopic (exact) mass is 325 g/mol. The van der Waals surface area contributed by atoms with Crippen LogP contribution in [0.2, 0.25) is 0 Å². The molecule has 0 unspecified atom stereocenters. The molecule has 0 amide bonds. The molecule has 5 heteroatoms. The molecular formula is C19H20FN3O. The lowest BCUT2D eigenvalue weighted by molar-refractivity contribution is 0.0855. The number of ether oxygens (including phenoxy) is 1. The molecule has 1 saturated heterocycles. The molecule has 0 saturated carbocycles. The molecule has 1 aromatic carbocycles. The molecule has 0 atom stereocenters. The summed E-state index contributed by atoms with van der Waals surface area (Å²) < 4.78 is 21.2. The van der Waals surface area contributed by atoms with E-state index in [1.165, 1.54) is 11.6 Å². The van der Waals surface area contributed by atoms with Crippen LogP contribution >= 0.6 is 0 Å². The molecule has 3 aromatic rings. The maximum atomic E-state index is 13.7. The van der Waals surface area contributed by atoms with E-state index in [0.717, 1.165) is 48.4 Å². The third-order valence-corrected chi connectivity index (χ3v) is 4.83. The van der Waals surface area contributed by atoms with Gasteiger partial charge in [-0.15, -0.1) is 0 Å². The van der Waals surface area contributed by atoms with Gasteiger partial charge in [0.15, 0.2) is 0 Å². The standard InChI is InChI=1S/C19H20FN3O/c1-12-8-17(20)18(21)10-15(12)14-9-16(13-2-6-24-7-3-13)19-22-4-5-23(19)11-14/h4-5,8-11,13H,2-3,6-7,21H2,1H3. The van der Waals surface area contributed by atoms with E-state index in [1.807, 2.05) is 29.9 Å². The van der Waals surface area contributed by atoms with Crippen LogP contribution in [0, 0.1) is 12.7 Å². The van der Waals surface area contributed by atoms with Crippen LogP contribution in [-0.4, -0.2) is 22.6 Å². The molecule has 2 N–H and O–H groups in total. The molecule has 2 aromatic heterocycles. The molecule has 1 aliphatic rings. The van der Waals surface area contributed by atoms with E-state index in [2.05, 4.69) is 11.1 Å². The van der Waals surface area contributed by atoms with E-state index < -0.39 is 0 Å². The number of benzene rings is 1. The molecule has 4 nitrogen and oxygen atoms in total. The second-order valence-corrected chi connectivity index (χ2v) is 6.42. The fourth-order valence-electron chi connectivity index (χ4n) is 3.52. The van der Waals surface area contributed by atoms with Crippen molar-refractivity contribution in [2.75, 3.05) is 18.9 Å². The minimum atomic E-state index is -0.371. The molecular weight excluding hydrogens is 305 g/mol. The Bertz CT molecular complexity index is 897. The minimum absolute atomic E-state index is 0.175. The molecule has 0 radical (unpaired) electrons. The van der Waals surface area contributed by atoms with Crippen molar-refractivity contribution in [2.45, 2.75) is 25.7 Å².